The molecule has 0 unspecified atom stereocenters. The lowest BCUT2D eigenvalue weighted by molar-refractivity contribution is 0.626. The minimum atomic E-state index is -0.245. The van der Waals surface area contributed by atoms with E-state index in [4.69, 9.17) is 11.6 Å². The zero-order chi connectivity index (χ0) is 10.8. The predicted molar refractivity (Wildman–Crippen MR) is 55.3 cm³/mol. The van der Waals surface area contributed by atoms with Gasteiger partial charge in [0.15, 0.2) is 0 Å². The van der Waals surface area contributed by atoms with Crippen LogP contribution < -0.4 is 0 Å². The van der Waals surface area contributed by atoms with E-state index in [0.717, 1.165) is 11.4 Å². The molecule has 0 amide bonds. The predicted octanol–water partition coefficient (Wildman–Crippen LogP) is 2.43. The quantitative estimate of drug-likeness (QED) is 0.786. The molecule has 0 radical (unpaired) electrons. The van der Waals surface area contributed by atoms with Gasteiger partial charge < -0.3 is 0 Å². The van der Waals surface area contributed by atoms with Crippen LogP contribution in [0.3, 0.4) is 0 Å². The summed E-state index contributed by atoms with van der Waals surface area (Å²) in [5.41, 5.74) is 0.959. The van der Waals surface area contributed by atoms with Crippen LogP contribution in [0.15, 0.2) is 24.3 Å². The van der Waals surface area contributed by atoms with E-state index in [-0.39, 0.29) is 5.82 Å². The Balaban J connectivity index is 2.25. The summed E-state index contributed by atoms with van der Waals surface area (Å²) in [6, 6.07) is 6.27. The molecule has 1 aromatic heterocycles. The third kappa shape index (κ3) is 2.15. The summed E-state index contributed by atoms with van der Waals surface area (Å²) in [6.45, 7) is 2.38. The van der Waals surface area contributed by atoms with Gasteiger partial charge >= 0.3 is 0 Å². The van der Waals surface area contributed by atoms with Gasteiger partial charge in [0.2, 0.25) is 5.28 Å². The molecule has 0 atom stereocenters. The van der Waals surface area contributed by atoms with Crippen LogP contribution in [0.2, 0.25) is 5.28 Å². The van der Waals surface area contributed by atoms with Crippen molar-refractivity contribution in [2.75, 3.05) is 0 Å². The Morgan fingerprint density at radius 1 is 1.27 bits per heavy atom. The third-order valence-corrected chi connectivity index (χ3v) is 2.42. The van der Waals surface area contributed by atoms with Gasteiger partial charge in [0.05, 0.1) is 6.54 Å². The largest absolute Gasteiger partial charge is 0.298 e. The number of hydrogen-bond donors (Lipinski definition) is 0. The van der Waals surface area contributed by atoms with Crippen molar-refractivity contribution in [1.29, 1.82) is 0 Å². The molecule has 2 rings (SSSR count). The Bertz CT molecular complexity index is 445. The smallest absolute Gasteiger partial charge is 0.225 e. The number of halogens is 2. The summed E-state index contributed by atoms with van der Waals surface area (Å²) in [5.74, 6) is 0.495. The topological polar surface area (TPSA) is 30.7 Å². The number of nitrogens with zero attached hydrogens (tertiary/aromatic N) is 3. The first kappa shape index (κ1) is 10.1. The average molecular weight is 226 g/mol. The number of aryl methyl sites for hydroxylation is 1. The summed E-state index contributed by atoms with van der Waals surface area (Å²) in [6.07, 6.45) is 0. The first-order valence-corrected chi connectivity index (χ1v) is 4.84. The summed E-state index contributed by atoms with van der Waals surface area (Å²) in [5, 5.41) is 7.92. The number of rotatable bonds is 2. The number of benzene rings is 1. The highest BCUT2D eigenvalue weighted by Gasteiger charge is 2.06. The molecule has 1 heterocycles. The van der Waals surface area contributed by atoms with Crippen molar-refractivity contribution in [2.24, 2.45) is 0 Å². The average Bonchev–Trinajstić information content (AvgIpc) is 2.53. The summed E-state index contributed by atoms with van der Waals surface area (Å²) < 4.78 is 14.4. The minimum Gasteiger partial charge on any atom is -0.298 e. The molecule has 5 heteroatoms. The van der Waals surface area contributed by atoms with Gasteiger partial charge in [-0.15, -0.1) is 10.2 Å². The molecule has 0 spiro atoms. The highest BCUT2D eigenvalue weighted by Crippen LogP contribution is 2.11. The van der Waals surface area contributed by atoms with Gasteiger partial charge in [-0.3, -0.25) is 4.57 Å². The zero-order valence-electron chi connectivity index (χ0n) is 8.11. The van der Waals surface area contributed by atoms with Crippen LogP contribution in [0.1, 0.15) is 11.4 Å². The van der Waals surface area contributed by atoms with Gasteiger partial charge in [-0.05, 0) is 36.2 Å². The fourth-order valence-corrected chi connectivity index (χ4v) is 1.53. The Morgan fingerprint density at radius 2 is 1.93 bits per heavy atom. The second-order valence-corrected chi connectivity index (χ2v) is 3.57. The normalized spacial score (nSPS) is 10.6. The highest BCUT2D eigenvalue weighted by molar-refractivity contribution is 6.28. The van der Waals surface area contributed by atoms with Gasteiger partial charge in [-0.25, -0.2) is 4.39 Å². The number of hydrogen-bond acceptors (Lipinski definition) is 2. The van der Waals surface area contributed by atoms with Gasteiger partial charge in [0.1, 0.15) is 11.6 Å². The van der Waals surface area contributed by atoms with E-state index in [0.29, 0.717) is 11.8 Å². The molecule has 0 saturated carbocycles. The lowest BCUT2D eigenvalue weighted by atomic mass is 10.2. The molecule has 0 aliphatic rings. The van der Waals surface area contributed by atoms with Gasteiger partial charge in [0.25, 0.3) is 0 Å². The molecular formula is C10H9ClFN3. The Morgan fingerprint density at radius 3 is 2.47 bits per heavy atom. The van der Waals surface area contributed by atoms with E-state index in [1.165, 1.54) is 12.1 Å². The molecule has 0 bridgehead atoms. The molecule has 3 nitrogen and oxygen atoms in total. The summed E-state index contributed by atoms with van der Waals surface area (Å²) >= 11 is 5.84. The van der Waals surface area contributed by atoms with E-state index in [1.54, 1.807) is 16.7 Å². The lowest BCUT2D eigenvalue weighted by Gasteiger charge is -2.04. The number of aromatic nitrogens is 3. The van der Waals surface area contributed by atoms with E-state index >= 15 is 0 Å². The first-order chi connectivity index (χ1) is 7.16. The molecule has 0 aliphatic heterocycles. The molecule has 0 saturated heterocycles. The molecule has 78 valence electrons. The second-order valence-electron chi connectivity index (χ2n) is 3.23. The molecule has 0 fully saturated rings. The maximum absolute atomic E-state index is 12.7. The van der Waals surface area contributed by atoms with E-state index in [1.807, 2.05) is 6.92 Å². The standard InChI is InChI=1S/C10H9ClFN3/c1-7-13-14-10(11)15(7)6-8-2-4-9(12)5-3-8/h2-5H,6H2,1H3. The molecular weight excluding hydrogens is 217 g/mol. The van der Waals surface area contributed by atoms with Crippen molar-refractivity contribution in [3.8, 4) is 0 Å². The molecule has 2 aromatic rings. The molecule has 1 aromatic carbocycles. The summed E-state index contributed by atoms with van der Waals surface area (Å²) in [7, 11) is 0. The van der Waals surface area contributed by atoms with Crippen molar-refractivity contribution in [2.45, 2.75) is 13.5 Å². The van der Waals surface area contributed by atoms with Crippen molar-refractivity contribution >= 4 is 11.6 Å². The Labute approximate surface area is 91.5 Å². The second kappa shape index (κ2) is 3.98. The van der Waals surface area contributed by atoms with E-state index < -0.39 is 0 Å². The van der Waals surface area contributed by atoms with E-state index in [9.17, 15) is 4.39 Å². The van der Waals surface area contributed by atoms with Crippen molar-refractivity contribution < 1.29 is 4.39 Å². The van der Waals surface area contributed by atoms with Gasteiger partial charge in [0, 0.05) is 0 Å². The van der Waals surface area contributed by atoms with Crippen LogP contribution in [0.5, 0.6) is 0 Å². The maximum Gasteiger partial charge on any atom is 0.225 e. The Kier molecular flexibility index (Phi) is 2.68. The van der Waals surface area contributed by atoms with Crippen LogP contribution in [0, 0.1) is 12.7 Å². The summed E-state index contributed by atoms with van der Waals surface area (Å²) in [4.78, 5) is 0. The third-order valence-electron chi connectivity index (χ3n) is 2.14. The fraction of sp³-hybridized carbons (Fsp3) is 0.200. The van der Waals surface area contributed by atoms with E-state index in [2.05, 4.69) is 10.2 Å². The maximum atomic E-state index is 12.7. The highest BCUT2D eigenvalue weighted by atomic mass is 35.5. The van der Waals surface area contributed by atoms with Crippen LogP contribution >= 0.6 is 11.6 Å². The molecule has 15 heavy (non-hydrogen) atoms. The zero-order valence-corrected chi connectivity index (χ0v) is 8.87. The molecule has 0 aliphatic carbocycles. The van der Waals surface area contributed by atoms with Crippen LogP contribution in [0.4, 0.5) is 4.39 Å². The SMILES string of the molecule is Cc1nnc(Cl)n1Cc1ccc(F)cc1. The van der Waals surface area contributed by atoms with Gasteiger partial charge in [-0.2, -0.15) is 0 Å². The van der Waals surface area contributed by atoms with Crippen molar-refractivity contribution in [3.63, 3.8) is 0 Å². The fourth-order valence-electron chi connectivity index (χ4n) is 1.31. The Hall–Kier alpha value is -1.42. The van der Waals surface area contributed by atoms with Crippen molar-refractivity contribution in [3.05, 3.63) is 46.8 Å². The monoisotopic (exact) mass is 225 g/mol. The van der Waals surface area contributed by atoms with Crippen LogP contribution in [-0.2, 0) is 6.54 Å². The van der Waals surface area contributed by atoms with Crippen molar-refractivity contribution in [1.82, 2.24) is 14.8 Å². The lowest BCUT2D eigenvalue weighted by Crippen LogP contribution is -2.02. The van der Waals surface area contributed by atoms with Crippen LogP contribution in [0.25, 0.3) is 0 Å². The minimum absolute atomic E-state index is 0.245. The van der Waals surface area contributed by atoms with Gasteiger partial charge in [-0.1, -0.05) is 12.1 Å². The van der Waals surface area contributed by atoms with Crippen LogP contribution in [-0.4, -0.2) is 14.8 Å². The molecule has 0 N–H and O–H groups in total. The first-order valence-electron chi connectivity index (χ1n) is 4.46.